The first-order valence-electron chi connectivity index (χ1n) is 19.4. The van der Waals surface area contributed by atoms with Crippen LogP contribution in [0.15, 0.2) is 12.1 Å². The molecular weight excluding hydrogens is 664 g/mol. The second-order valence-corrected chi connectivity index (χ2v) is 20.0. The second kappa shape index (κ2) is 14.9. The van der Waals surface area contributed by atoms with Gasteiger partial charge in [0.15, 0.2) is 0 Å². The monoisotopic (exact) mass is 725 g/mol. The van der Waals surface area contributed by atoms with E-state index in [0.717, 1.165) is 0 Å². The maximum Gasteiger partial charge on any atom is 0.505 e. The molecule has 2 saturated heterocycles. The van der Waals surface area contributed by atoms with Crippen molar-refractivity contribution in [3.05, 3.63) is 12.1 Å². The first kappa shape index (κ1) is 37.9. The van der Waals surface area contributed by atoms with E-state index in [2.05, 4.69) is 85.9 Å². The zero-order chi connectivity index (χ0) is 35.2. The minimum Gasteiger partial charge on any atom is -0.399 e. The fourth-order valence-corrected chi connectivity index (χ4v) is 11.2. The van der Waals surface area contributed by atoms with E-state index in [1.807, 2.05) is 34.0 Å². The molecule has 6 rings (SSSR count). The Labute approximate surface area is 309 Å². The first-order valence-corrected chi connectivity index (χ1v) is 21.9. The van der Waals surface area contributed by atoms with Crippen molar-refractivity contribution in [2.75, 3.05) is 0 Å². The Morgan fingerprint density at radius 1 is 0.551 bits per heavy atom. The third-order valence-corrected chi connectivity index (χ3v) is 15.6. The van der Waals surface area contributed by atoms with Crippen molar-refractivity contribution in [3.8, 4) is 0 Å². The van der Waals surface area contributed by atoms with E-state index >= 15 is 0 Å². The van der Waals surface area contributed by atoms with E-state index < -0.39 is 0 Å². The molecular formula is C39H61B2NO4S3. The Hall–Kier alpha value is -0.870. The van der Waals surface area contributed by atoms with Gasteiger partial charge in [0.1, 0.15) is 0 Å². The topological polar surface area (TPSA) is 41.9 Å². The molecule has 0 spiro atoms. The largest absolute Gasteiger partial charge is 0.505 e. The average Bonchev–Trinajstić information content (AvgIpc) is 3.82. The highest BCUT2D eigenvalue weighted by Crippen LogP contribution is 2.48. The lowest BCUT2D eigenvalue weighted by atomic mass is 9.88. The van der Waals surface area contributed by atoms with Crippen molar-refractivity contribution in [1.82, 2.24) is 4.57 Å². The van der Waals surface area contributed by atoms with Crippen LogP contribution in [0, 0.1) is 0 Å². The molecule has 0 saturated carbocycles. The zero-order valence-electron chi connectivity index (χ0n) is 32.1. The lowest BCUT2D eigenvalue weighted by Gasteiger charge is -2.32. The average molecular weight is 726 g/mol. The summed E-state index contributed by atoms with van der Waals surface area (Å²) in [5.41, 5.74) is 1.38. The van der Waals surface area contributed by atoms with Crippen molar-refractivity contribution >= 4 is 87.6 Å². The number of nitrogens with zero attached hydrogens (tertiary/aromatic N) is 1. The van der Waals surface area contributed by atoms with Gasteiger partial charge in [-0.2, -0.15) is 0 Å². The van der Waals surface area contributed by atoms with Gasteiger partial charge in [0.25, 0.3) is 0 Å². The first-order chi connectivity index (χ1) is 23.2. The number of thiophene rings is 3. The van der Waals surface area contributed by atoms with Crippen molar-refractivity contribution in [2.24, 2.45) is 0 Å². The van der Waals surface area contributed by atoms with Crippen LogP contribution >= 0.6 is 34.0 Å². The minimum absolute atomic E-state index is 0.328. The van der Waals surface area contributed by atoms with Crippen molar-refractivity contribution < 1.29 is 18.6 Å². The van der Waals surface area contributed by atoms with Gasteiger partial charge >= 0.3 is 14.2 Å². The lowest BCUT2D eigenvalue weighted by Crippen LogP contribution is -2.41. The van der Waals surface area contributed by atoms with Crippen LogP contribution in [0.3, 0.4) is 0 Å². The van der Waals surface area contributed by atoms with E-state index in [-0.39, 0.29) is 36.6 Å². The summed E-state index contributed by atoms with van der Waals surface area (Å²) in [6.45, 7) is 21.8. The van der Waals surface area contributed by atoms with E-state index in [9.17, 15) is 0 Å². The van der Waals surface area contributed by atoms with Gasteiger partial charge in [-0.05, 0) is 80.4 Å². The van der Waals surface area contributed by atoms with Gasteiger partial charge < -0.3 is 23.2 Å². The standard InChI is InChI=1S/C39H61B2NO4S3/c1-11-13-15-17-19-21-23-27(24-22-20-18-16-14-12-2)42-28-25-30(40-43-36(3,4)37(5,6)44-40)48-33(28)35-32(42)34-29(47-35)26-31(49-34)41-45-38(7,8)39(9,10)46-41/h25-27H,11-24H2,1-10H3. The van der Waals surface area contributed by atoms with Gasteiger partial charge in [0.05, 0.1) is 47.5 Å². The van der Waals surface area contributed by atoms with Gasteiger partial charge in [0, 0.05) is 20.3 Å². The number of aromatic nitrogens is 1. The Bertz CT molecular complexity index is 1660. The third-order valence-electron chi connectivity index (χ3n) is 11.9. The van der Waals surface area contributed by atoms with Gasteiger partial charge in [-0.25, -0.2) is 0 Å². The lowest BCUT2D eigenvalue weighted by molar-refractivity contribution is 0.00578. The number of hydrogen-bond donors (Lipinski definition) is 0. The molecule has 0 aromatic carbocycles. The molecule has 0 N–H and O–H groups in total. The van der Waals surface area contributed by atoms with Crippen LogP contribution in [0.25, 0.3) is 29.8 Å². The number of rotatable bonds is 17. The summed E-state index contributed by atoms with van der Waals surface area (Å²) in [6.07, 6.45) is 18.4. The highest BCUT2D eigenvalue weighted by molar-refractivity contribution is 7.39. The van der Waals surface area contributed by atoms with Crippen LogP contribution in [0.1, 0.15) is 165 Å². The molecule has 270 valence electrons. The summed E-state index contributed by atoms with van der Waals surface area (Å²) in [6, 6.07) is 5.24. The number of unbranched alkanes of at least 4 members (excludes halogenated alkanes) is 10. The summed E-state index contributed by atoms with van der Waals surface area (Å²) >= 11 is 5.71. The molecule has 49 heavy (non-hydrogen) atoms. The van der Waals surface area contributed by atoms with E-state index in [1.54, 1.807) is 0 Å². The molecule has 4 aromatic heterocycles. The second-order valence-electron chi connectivity index (χ2n) is 16.8. The van der Waals surface area contributed by atoms with E-state index in [1.165, 1.54) is 129 Å². The smallest absolute Gasteiger partial charge is 0.399 e. The van der Waals surface area contributed by atoms with E-state index in [4.69, 9.17) is 18.6 Å². The predicted octanol–water partition coefficient (Wildman–Crippen LogP) is 11.8. The molecule has 0 bridgehead atoms. The summed E-state index contributed by atoms with van der Waals surface area (Å²) in [7, 11) is -0.663. The van der Waals surface area contributed by atoms with Gasteiger partial charge in [-0.3, -0.25) is 0 Å². The summed E-state index contributed by atoms with van der Waals surface area (Å²) in [5, 5.41) is 0. The molecule has 0 radical (unpaired) electrons. The summed E-state index contributed by atoms with van der Waals surface area (Å²) < 4.78 is 36.9. The molecule has 10 heteroatoms. The van der Waals surface area contributed by atoms with Crippen LogP contribution in [0.5, 0.6) is 0 Å². The Kier molecular flexibility index (Phi) is 11.5. The van der Waals surface area contributed by atoms with Crippen molar-refractivity contribution in [3.63, 3.8) is 0 Å². The molecule has 4 aromatic rings. The summed E-state index contributed by atoms with van der Waals surface area (Å²) in [5.74, 6) is 0. The van der Waals surface area contributed by atoms with Crippen LogP contribution in [0.2, 0.25) is 0 Å². The quantitative estimate of drug-likeness (QED) is 0.0803. The predicted molar refractivity (Wildman–Crippen MR) is 217 cm³/mol. The fourth-order valence-electron chi connectivity index (χ4n) is 7.38. The molecule has 2 aliphatic heterocycles. The molecule has 0 atom stereocenters. The maximum atomic E-state index is 6.59. The normalized spacial score (nSPS) is 20.0. The molecule has 2 aliphatic rings. The molecule has 6 heterocycles. The molecule has 2 fully saturated rings. The van der Waals surface area contributed by atoms with Crippen LogP contribution < -0.4 is 9.55 Å². The van der Waals surface area contributed by atoms with Crippen molar-refractivity contribution in [1.29, 1.82) is 0 Å². The molecule has 0 amide bonds. The molecule has 0 aliphatic carbocycles. The van der Waals surface area contributed by atoms with Gasteiger partial charge in [0.2, 0.25) is 0 Å². The zero-order valence-corrected chi connectivity index (χ0v) is 34.5. The number of hydrogen-bond acceptors (Lipinski definition) is 7. The molecule has 0 unspecified atom stereocenters. The highest BCUT2D eigenvalue weighted by atomic mass is 32.1. The Balaban J connectivity index is 1.40. The minimum atomic E-state index is -0.357. The third kappa shape index (κ3) is 7.50. The van der Waals surface area contributed by atoms with Gasteiger partial charge in [-0.1, -0.05) is 90.9 Å². The molecule has 5 nitrogen and oxygen atoms in total. The SMILES string of the molecule is CCCCCCCCC(CCCCCCCC)n1c2cc(B3OC(C)(C)C(C)(C)O3)sc2c2sc3cc(B4OC(C)(C)C(C)(C)O4)sc3c21. The Morgan fingerprint density at radius 3 is 1.47 bits per heavy atom. The maximum absolute atomic E-state index is 6.59. The van der Waals surface area contributed by atoms with E-state index in [0.29, 0.717) is 6.04 Å². The fraction of sp³-hybridized carbons (Fsp3) is 0.744. The van der Waals surface area contributed by atoms with Crippen LogP contribution in [-0.2, 0) is 18.6 Å². The van der Waals surface area contributed by atoms with Crippen LogP contribution in [-0.4, -0.2) is 41.2 Å². The Morgan fingerprint density at radius 2 is 0.980 bits per heavy atom. The van der Waals surface area contributed by atoms with Crippen molar-refractivity contribution in [2.45, 2.75) is 188 Å². The summed E-state index contributed by atoms with van der Waals surface area (Å²) in [4.78, 5) is 0. The highest BCUT2D eigenvalue weighted by Gasteiger charge is 2.53. The van der Waals surface area contributed by atoms with Gasteiger partial charge in [-0.15, -0.1) is 34.0 Å². The number of fused-ring (bicyclic) bond motifs is 5. The van der Waals surface area contributed by atoms with Crippen LogP contribution in [0.4, 0.5) is 0 Å².